The van der Waals surface area contributed by atoms with E-state index >= 15 is 0 Å². The van der Waals surface area contributed by atoms with Gasteiger partial charge in [0.05, 0.1) is 0 Å². The number of hydrogen-bond donors (Lipinski definition) is 0. The average Bonchev–Trinajstić information content (AvgIpc) is 2.98. The summed E-state index contributed by atoms with van der Waals surface area (Å²) in [5.74, 6) is -2.74. The first-order valence-electron chi connectivity index (χ1n) is 19.1. The average molecular weight is 898 g/mol. The molecule has 5 aliphatic rings. The molecule has 1 saturated heterocycles. The molecule has 5 fully saturated rings. The molecule has 1 aliphatic heterocycles. The fourth-order valence-electron chi connectivity index (χ4n) is 7.88. The molecule has 15 heteroatoms. The van der Waals surface area contributed by atoms with E-state index in [9.17, 15) is 28.8 Å². The molecule has 4 saturated carbocycles. The molecule has 0 N–H and O–H groups in total. The highest BCUT2D eigenvalue weighted by molar-refractivity contribution is 14.2. The highest BCUT2D eigenvalue weighted by atomic mass is 127. The maximum absolute atomic E-state index is 14.1. The first kappa shape index (κ1) is 43.4. The van der Waals surface area contributed by atoms with Crippen LogP contribution in [-0.4, -0.2) is 78.9 Å². The van der Waals surface area contributed by atoms with E-state index in [4.69, 9.17) is 33.2 Å². The summed E-state index contributed by atoms with van der Waals surface area (Å²) in [6.45, 7) is 19.5. The number of carbonyl (C=O) groups excluding carboxylic acids is 6. The summed E-state index contributed by atoms with van der Waals surface area (Å²) in [6, 6.07) is 2.76. The van der Waals surface area contributed by atoms with Crippen LogP contribution in [0.2, 0.25) is 0 Å². The van der Waals surface area contributed by atoms with Crippen molar-refractivity contribution in [1.29, 1.82) is 0 Å². The summed E-state index contributed by atoms with van der Waals surface area (Å²) in [5, 5.41) is 0. The summed E-state index contributed by atoms with van der Waals surface area (Å²) in [6.07, 6.45) is 0.782. The van der Waals surface area contributed by atoms with Gasteiger partial charge in [-0.25, -0.2) is 28.8 Å². The second-order valence-electron chi connectivity index (χ2n) is 19.1. The van der Waals surface area contributed by atoms with Crippen LogP contribution in [0.3, 0.4) is 0 Å². The quantitative estimate of drug-likeness (QED) is 0.117. The normalized spacial score (nSPS) is 25.2. The fourth-order valence-corrected chi connectivity index (χ4v) is 10.2. The van der Waals surface area contributed by atoms with Gasteiger partial charge in [0.15, 0.2) is 3.51 Å². The molecule has 1 spiro atoms. The zero-order chi connectivity index (χ0) is 41.8. The Bertz CT molecular complexity index is 1710. The number of nitrogens with zero attached hydrogens (tertiary/aromatic N) is 1. The minimum absolute atomic E-state index is 0.00243. The molecule has 4 bridgehead atoms. The van der Waals surface area contributed by atoms with Crippen LogP contribution >= 0.6 is 20.7 Å². The van der Waals surface area contributed by atoms with Gasteiger partial charge < -0.3 is 33.2 Å². The van der Waals surface area contributed by atoms with Crippen molar-refractivity contribution in [2.75, 3.05) is 0 Å². The number of halogens is 1. The monoisotopic (exact) mass is 897 g/mol. The molecular formula is C41H56INO13. The van der Waals surface area contributed by atoms with Gasteiger partial charge in [-0.2, -0.15) is 4.90 Å². The van der Waals surface area contributed by atoms with Crippen molar-refractivity contribution in [3.05, 3.63) is 27.3 Å². The van der Waals surface area contributed by atoms with E-state index < -0.39 is 97.6 Å². The molecule has 56 heavy (non-hydrogen) atoms. The minimum Gasteiger partial charge on any atom is -0.458 e. The molecular weight excluding hydrogens is 841 g/mol. The number of hydrogen-bond acceptors (Lipinski definition) is 13. The van der Waals surface area contributed by atoms with Crippen LogP contribution in [0.15, 0.2) is 18.2 Å². The largest absolute Gasteiger partial charge is 0.514 e. The molecule has 2 amide bonds. The van der Waals surface area contributed by atoms with Crippen LogP contribution in [0.1, 0.15) is 121 Å². The fraction of sp³-hybridized carbons (Fsp3) is 0.683. The van der Waals surface area contributed by atoms with Gasteiger partial charge in [-0.3, -0.25) is 0 Å². The molecule has 310 valence electrons. The van der Waals surface area contributed by atoms with Gasteiger partial charge in [-0.15, -0.1) is 0 Å². The molecule has 0 aromatic heterocycles. The smallest absolute Gasteiger partial charge is 0.458 e. The maximum Gasteiger partial charge on any atom is 0.514 e. The van der Waals surface area contributed by atoms with Crippen molar-refractivity contribution < 1.29 is 61.9 Å². The van der Waals surface area contributed by atoms with Gasteiger partial charge in [0, 0.05) is 21.8 Å². The lowest BCUT2D eigenvalue weighted by molar-refractivity contribution is -0.308. The summed E-state index contributed by atoms with van der Waals surface area (Å²) >= 11 is -1.69. The molecule has 0 radical (unpaired) electrons. The summed E-state index contributed by atoms with van der Waals surface area (Å²) in [4.78, 5) is 82.9. The van der Waals surface area contributed by atoms with E-state index in [0.717, 1.165) is 32.1 Å². The molecule has 0 unspecified atom stereocenters. The van der Waals surface area contributed by atoms with Crippen molar-refractivity contribution in [3.8, 4) is 5.75 Å². The van der Waals surface area contributed by atoms with Crippen molar-refractivity contribution in [3.63, 3.8) is 0 Å². The van der Waals surface area contributed by atoms with Gasteiger partial charge in [-0.1, -0.05) is 20.7 Å². The molecule has 6 rings (SSSR count). The maximum atomic E-state index is 14.1. The minimum atomic E-state index is -1.69. The summed E-state index contributed by atoms with van der Waals surface area (Å²) in [7, 11) is 0. The number of imide groups is 1. The van der Waals surface area contributed by atoms with E-state index in [-0.39, 0.29) is 26.7 Å². The van der Waals surface area contributed by atoms with Crippen LogP contribution in [0.4, 0.5) is 14.4 Å². The molecule has 1 heterocycles. The number of rotatable bonds is 6. The Labute approximate surface area is 338 Å². The van der Waals surface area contributed by atoms with Gasteiger partial charge in [0.2, 0.25) is 0 Å². The Kier molecular flexibility index (Phi) is 12.0. The van der Waals surface area contributed by atoms with E-state index in [2.05, 4.69) is 0 Å². The van der Waals surface area contributed by atoms with Crippen molar-refractivity contribution in [2.45, 2.75) is 156 Å². The van der Waals surface area contributed by atoms with Gasteiger partial charge in [-0.05, 0) is 151 Å². The van der Waals surface area contributed by atoms with Crippen LogP contribution < -0.4 is 4.74 Å². The predicted octanol–water partition coefficient (Wildman–Crippen LogP) is 7.99. The molecule has 1 aromatic carbocycles. The third kappa shape index (κ3) is 10.6. The first-order valence-corrected chi connectivity index (χ1v) is 21.3. The Morgan fingerprint density at radius 3 is 1.62 bits per heavy atom. The van der Waals surface area contributed by atoms with E-state index in [1.54, 1.807) is 89.2 Å². The summed E-state index contributed by atoms with van der Waals surface area (Å²) in [5.41, 5.74) is -3.84. The van der Waals surface area contributed by atoms with Gasteiger partial charge in [0.25, 0.3) is 5.79 Å². The number of esters is 3. The Balaban J connectivity index is 1.59. The van der Waals surface area contributed by atoms with Crippen molar-refractivity contribution >= 4 is 60.5 Å². The van der Waals surface area contributed by atoms with Crippen LogP contribution in [-0.2, 0) is 49.2 Å². The molecule has 14 nitrogen and oxygen atoms in total. The number of benzene rings is 1. The van der Waals surface area contributed by atoms with E-state index in [1.165, 1.54) is 12.1 Å². The highest BCUT2D eigenvalue weighted by Gasteiger charge is 2.64. The Morgan fingerprint density at radius 2 is 1.18 bits per heavy atom. The third-order valence-corrected chi connectivity index (χ3v) is 12.6. The first-order chi connectivity index (χ1) is 25.6. The van der Waals surface area contributed by atoms with Crippen LogP contribution in [0.25, 0.3) is 0 Å². The van der Waals surface area contributed by atoms with Crippen LogP contribution in [0.5, 0.6) is 5.75 Å². The van der Waals surface area contributed by atoms with Crippen molar-refractivity contribution in [2.24, 2.45) is 23.7 Å². The molecule has 1 atom stereocenters. The molecule has 1 aromatic rings. The van der Waals surface area contributed by atoms with E-state index in [1.807, 2.05) is 0 Å². The lowest BCUT2D eigenvalue weighted by Gasteiger charge is -2.59. The topological polar surface area (TPSA) is 170 Å². The third-order valence-electron chi connectivity index (χ3n) is 9.53. The standard InChI is InChI=1S/C41H56INO13/c1-37(2,3)51-31(44)29(43(34(47)54-38(4,5)6)35(48)55-39(7,8)9)21-24-20-27(50-36(49)56-40(10,11)12)13-14-28(24)42-30-32(45)52-41(53-33(30)46)25-16-22-15-23(18-25)19-26(41)17-22/h13-14,20,22-23,25-26,29H,15-19,21H2,1-12H3/t22?,23?,25?,26?,29-/m0/s1. The number of carbonyl (C=O) groups is 6. The van der Waals surface area contributed by atoms with Gasteiger partial charge in [0.1, 0.15) is 34.2 Å². The summed E-state index contributed by atoms with van der Waals surface area (Å²) < 4.78 is 40.4. The second-order valence-corrected chi connectivity index (χ2v) is 21.9. The van der Waals surface area contributed by atoms with Crippen LogP contribution in [0, 0.1) is 27.2 Å². The zero-order valence-electron chi connectivity index (χ0n) is 34.5. The van der Waals surface area contributed by atoms with E-state index in [0.29, 0.717) is 20.3 Å². The number of amides is 2. The lowest BCUT2D eigenvalue weighted by Crippen LogP contribution is -2.65. The Hall–Kier alpha value is -3.76. The second kappa shape index (κ2) is 15.5. The SMILES string of the molecule is CC(C)(C)OC(=O)Oc1ccc(I=C2C(=O)OC3(OC2=O)C2CC4CC(C2)CC3C4)c(C[C@@H](C(=O)OC(C)(C)C)N(C(=O)OC(C)(C)C)C(=O)OC(C)(C)C)c1. The lowest BCUT2D eigenvalue weighted by atomic mass is 9.53. The molecule has 4 aliphatic carbocycles. The highest BCUT2D eigenvalue weighted by Crippen LogP contribution is 2.60. The number of ether oxygens (including phenoxy) is 7. The Morgan fingerprint density at radius 1 is 0.714 bits per heavy atom. The predicted molar refractivity (Wildman–Crippen MR) is 211 cm³/mol. The van der Waals surface area contributed by atoms with Crippen molar-refractivity contribution in [1.82, 2.24) is 4.90 Å². The zero-order valence-corrected chi connectivity index (χ0v) is 36.7. The van der Waals surface area contributed by atoms with Gasteiger partial charge >= 0.3 is 36.2 Å².